The minimum Gasteiger partial charge on any atom is -0.452 e. The van der Waals surface area contributed by atoms with Crippen molar-refractivity contribution in [3.63, 3.8) is 0 Å². The maximum absolute atomic E-state index is 12.7. The number of hydrogen-bond acceptors (Lipinski definition) is 4. The first kappa shape index (κ1) is 20.1. The predicted molar refractivity (Wildman–Crippen MR) is 98.9 cm³/mol. The summed E-state index contributed by atoms with van der Waals surface area (Å²) in [6.07, 6.45) is -2.40. The molecule has 2 aromatic carbocycles. The smallest absolute Gasteiger partial charge is 0.416 e. The molecule has 1 aliphatic rings. The number of anilines is 2. The van der Waals surface area contributed by atoms with E-state index in [0.29, 0.717) is 11.4 Å². The van der Waals surface area contributed by atoms with Crippen LogP contribution in [0.1, 0.15) is 11.1 Å². The molecule has 29 heavy (non-hydrogen) atoms. The van der Waals surface area contributed by atoms with E-state index in [2.05, 4.69) is 5.32 Å². The number of esters is 1. The molecule has 2 amide bonds. The number of alkyl halides is 3. The van der Waals surface area contributed by atoms with Crippen LogP contribution in [-0.4, -0.2) is 30.9 Å². The normalized spacial score (nSPS) is 13.8. The van der Waals surface area contributed by atoms with Crippen LogP contribution in [0.2, 0.25) is 0 Å². The zero-order valence-electron chi connectivity index (χ0n) is 14.9. The quantitative estimate of drug-likeness (QED) is 0.627. The van der Waals surface area contributed by atoms with Crippen LogP contribution < -0.4 is 10.2 Å². The Morgan fingerprint density at radius 3 is 2.66 bits per heavy atom. The van der Waals surface area contributed by atoms with Crippen LogP contribution in [0.15, 0.2) is 54.6 Å². The Hall–Kier alpha value is -3.62. The topological polar surface area (TPSA) is 75.7 Å². The van der Waals surface area contributed by atoms with E-state index in [9.17, 15) is 27.6 Å². The van der Waals surface area contributed by atoms with Gasteiger partial charge in [-0.3, -0.25) is 14.5 Å². The van der Waals surface area contributed by atoms with Crippen molar-refractivity contribution in [2.24, 2.45) is 0 Å². The van der Waals surface area contributed by atoms with Gasteiger partial charge in [-0.05, 0) is 35.9 Å². The molecule has 0 aromatic heterocycles. The number of carbonyl (C=O) groups excluding carboxylic acids is 3. The number of fused-ring (bicyclic) bond motifs is 1. The molecule has 1 N–H and O–H groups in total. The van der Waals surface area contributed by atoms with Crippen LogP contribution in [-0.2, 0) is 25.3 Å². The lowest BCUT2D eigenvalue weighted by atomic mass is 10.1. The summed E-state index contributed by atoms with van der Waals surface area (Å²) >= 11 is 0. The first-order valence-electron chi connectivity index (χ1n) is 8.45. The van der Waals surface area contributed by atoms with Crippen molar-refractivity contribution in [1.29, 1.82) is 0 Å². The van der Waals surface area contributed by atoms with Crippen LogP contribution in [0.4, 0.5) is 24.5 Å². The number of hydrogen-bond donors (Lipinski definition) is 1. The van der Waals surface area contributed by atoms with E-state index in [-0.39, 0.29) is 18.0 Å². The van der Waals surface area contributed by atoms with E-state index in [1.54, 1.807) is 24.3 Å². The second-order valence-corrected chi connectivity index (χ2v) is 6.11. The summed E-state index contributed by atoms with van der Waals surface area (Å²) in [5, 5.41) is 2.63. The first-order valence-corrected chi connectivity index (χ1v) is 8.45. The Balaban J connectivity index is 1.61. The van der Waals surface area contributed by atoms with Crippen molar-refractivity contribution in [2.75, 3.05) is 23.4 Å². The Morgan fingerprint density at radius 1 is 1.14 bits per heavy atom. The van der Waals surface area contributed by atoms with Gasteiger partial charge in [0.25, 0.3) is 5.91 Å². The van der Waals surface area contributed by atoms with E-state index in [1.807, 2.05) is 0 Å². The Bertz CT molecular complexity index is 986. The maximum atomic E-state index is 12.7. The van der Waals surface area contributed by atoms with E-state index < -0.39 is 30.2 Å². The van der Waals surface area contributed by atoms with Gasteiger partial charge in [-0.2, -0.15) is 13.2 Å². The highest BCUT2D eigenvalue weighted by atomic mass is 19.4. The van der Waals surface area contributed by atoms with E-state index in [4.69, 9.17) is 4.74 Å². The lowest BCUT2D eigenvalue weighted by molar-refractivity contribution is -0.143. The number of halogens is 3. The van der Waals surface area contributed by atoms with Gasteiger partial charge in [-0.1, -0.05) is 24.3 Å². The molecule has 1 aliphatic heterocycles. The van der Waals surface area contributed by atoms with Crippen LogP contribution in [0.25, 0.3) is 6.08 Å². The molecule has 1 heterocycles. The van der Waals surface area contributed by atoms with Gasteiger partial charge >= 0.3 is 12.1 Å². The molecule has 0 unspecified atom stereocenters. The van der Waals surface area contributed by atoms with Crippen molar-refractivity contribution in [3.8, 4) is 0 Å². The number of amides is 2. The lowest BCUT2D eigenvalue weighted by Crippen LogP contribution is -2.43. The van der Waals surface area contributed by atoms with Gasteiger partial charge in [0, 0.05) is 6.08 Å². The van der Waals surface area contributed by atoms with Gasteiger partial charge in [0.2, 0.25) is 5.91 Å². The summed E-state index contributed by atoms with van der Waals surface area (Å²) < 4.78 is 43.0. The molecule has 0 spiro atoms. The van der Waals surface area contributed by atoms with Gasteiger partial charge in [-0.25, -0.2) is 4.79 Å². The monoisotopic (exact) mass is 404 g/mol. The molecule has 0 atom stereocenters. The highest BCUT2D eigenvalue weighted by molar-refractivity contribution is 6.10. The maximum Gasteiger partial charge on any atom is 0.416 e. The molecular formula is C20H15F3N2O4. The standard InChI is InChI=1S/C20H15F3N2O4/c21-20(22,23)14-5-3-4-13(10-14)8-9-19(28)29-12-18(27)25-11-17(26)24-15-6-1-2-7-16(15)25/h1-10H,11-12H2,(H,24,26)/b9-8+. The van der Waals surface area contributed by atoms with E-state index >= 15 is 0 Å². The van der Waals surface area contributed by atoms with Crippen molar-refractivity contribution in [2.45, 2.75) is 6.18 Å². The van der Waals surface area contributed by atoms with Crippen molar-refractivity contribution < 1.29 is 32.3 Å². The highest BCUT2D eigenvalue weighted by Gasteiger charge is 2.30. The van der Waals surface area contributed by atoms with Crippen molar-refractivity contribution >= 4 is 35.2 Å². The number of nitrogens with zero attached hydrogens (tertiary/aromatic N) is 1. The third-order valence-corrected chi connectivity index (χ3v) is 4.04. The molecule has 0 bridgehead atoms. The van der Waals surface area contributed by atoms with Gasteiger partial charge in [0.05, 0.1) is 16.9 Å². The molecule has 150 valence electrons. The third-order valence-electron chi connectivity index (χ3n) is 4.04. The van der Waals surface area contributed by atoms with Crippen LogP contribution in [0.3, 0.4) is 0 Å². The minimum absolute atomic E-state index is 0.157. The number of nitrogens with one attached hydrogen (secondary N) is 1. The first-order chi connectivity index (χ1) is 13.7. The second kappa shape index (κ2) is 8.17. The molecule has 0 fully saturated rings. The van der Waals surface area contributed by atoms with Gasteiger partial charge < -0.3 is 10.1 Å². The van der Waals surface area contributed by atoms with Crippen molar-refractivity contribution in [3.05, 3.63) is 65.7 Å². The fourth-order valence-electron chi connectivity index (χ4n) is 2.70. The van der Waals surface area contributed by atoms with Gasteiger partial charge in [0.15, 0.2) is 6.61 Å². The van der Waals surface area contributed by atoms with Gasteiger partial charge in [-0.15, -0.1) is 0 Å². The van der Waals surface area contributed by atoms with Crippen LogP contribution >= 0.6 is 0 Å². The van der Waals surface area contributed by atoms with E-state index in [1.165, 1.54) is 17.0 Å². The number of rotatable bonds is 4. The zero-order valence-corrected chi connectivity index (χ0v) is 14.9. The largest absolute Gasteiger partial charge is 0.452 e. The zero-order chi connectivity index (χ0) is 21.0. The molecule has 3 rings (SSSR count). The fraction of sp³-hybridized carbons (Fsp3) is 0.150. The summed E-state index contributed by atoms with van der Waals surface area (Å²) in [6, 6.07) is 11.1. The molecule has 2 aromatic rings. The summed E-state index contributed by atoms with van der Waals surface area (Å²) in [5.74, 6) is -1.88. The Morgan fingerprint density at radius 2 is 1.90 bits per heavy atom. The lowest BCUT2D eigenvalue weighted by Gasteiger charge is -2.28. The SMILES string of the molecule is O=C1CN(C(=O)COC(=O)/C=C/c2cccc(C(F)(F)F)c2)c2ccccc2N1. The molecule has 6 nitrogen and oxygen atoms in total. The third kappa shape index (κ3) is 5.01. The molecule has 0 radical (unpaired) electrons. The second-order valence-electron chi connectivity index (χ2n) is 6.11. The number of ether oxygens (including phenoxy) is 1. The molecule has 0 saturated heterocycles. The van der Waals surface area contributed by atoms with Crippen LogP contribution in [0.5, 0.6) is 0 Å². The van der Waals surface area contributed by atoms with Crippen molar-refractivity contribution in [1.82, 2.24) is 0 Å². The van der Waals surface area contributed by atoms with Crippen LogP contribution in [0, 0.1) is 0 Å². The Kier molecular flexibility index (Phi) is 5.67. The molecule has 0 aliphatic carbocycles. The molecule has 0 saturated carbocycles. The summed E-state index contributed by atoms with van der Waals surface area (Å²) in [6.45, 7) is -0.832. The fourth-order valence-corrected chi connectivity index (χ4v) is 2.70. The highest BCUT2D eigenvalue weighted by Crippen LogP contribution is 2.30. The minimum atomic E-state index is -4.49. The van der Waals surface area contributed by atoms with E-state index in [0.717, 1.165) is 24.3 Å². The average molecular weight is 404 g/mol. The Labute approximate surface area is 163 Å². The summed E-state index contributed by atoms with van der Waals surface area (Å²) in [5.41, 5.74) is 0.260. The number of carbonyl (C=O) groups is 3. The summed E-state index contributed by atoms with van der Waals surface area (Å²) in [7, 11) is 0. The number of benzene rings is 2. The molecular weight excluding hydrogens is 389 g/mol. The van der Waals surface area contributed by atoms with Gasteiger partial charge in [0.1, 0.15) is 6.54 Å². The number of para-hydroxylation sites is 2. The molecule has 9 heteroatoms. The average Bonchev–Trinajstić information content (AvgIpc) is 2.69. The summed E-state index contributed by atoms with van der Waals surface area (Å²) in [4.78, 5) is 37.1. The predicted octanol–water partition coefficient (Wildman–Crippen LogP) is 3.25.